The third-order valence-corrected chi connectivity index (χ3v) is 2.64. The van der Waals surface area contributed by atoms with Crippen molar-refractivity contribution in [2.75, 3.05) is 13.2 Å². The first kappa shape index (κ1) is 16.9. The van der Waals surface area contributed by atoms with Crippen LogP contribution in [0.1, 0.15) is 67.7 Å². The van der Waals surface area contributed by atoms with Crippen LogP contribution in [0.25, 0.3) is 0 Å². The van der Waals surface area contributed by atoms with Gasteiger partial charge in [-0.1, -0.05) is 27.7 Å². The predicted octanol–water partition coefficient (Wildman–Crippen LogP) is 4.00. The second-order valence-corrected chi connectivity index (χ2v) is 7.17. The maximum Gasteiger partial charge on any atom is 0.0626 e. The van der Waals surface area contributed by atoms with E-state index >= 15 is 0 Å². The molecule has 104 valence electrons. The van der Waals surface area contributed by atoms with E-state index in [4.69, 9.17) is 4.74 Å². The number of nitrogens with one attached hydrogen (secondary N) is 1. The number of hydrogen-bond donors (Lipinski definition) is 1. The maximum atomic E-state index is 5.89. The molecule has 0 aromatic heterocycles. The van der Waals surface area contributed by atoms with E-state index in [1.165, 1.54) is 19.3 Å². The van der Waals surface area contributed by atoms with Crippen molar-refractivity contribution in [3.05, 3.63) is 0 Å². The summed E-state index contributed by atoms with van der Waals surface area (Å²) in [5.41, 5.74) is 0.377. The predicted molar refractivity (Wildman–Crippen MR) is 76.5 cm³/mol. The maximum absolute atomic E-state index is 5.89. The van der Waals surface area contributed by atoms with Crippen molar-refractivity contribution in [3.8, 4) is 0 Å². The average Bonchev–Trinajstić information content (AvgIpc) is 2.13. The van der Waals surface area contributed by atoms with Gasteiger partial charge in [-0.05, 0) is 52.0 Å². The molecule has 0 rings (SSSR count). The van der Waals surface area contributed by atoms with Gasteiger partial charge in [-0.3, -0.25) is 0 Å². The Bertz CT molecular complexity index is 170. The molecule has 0 aliphatic rings. The van der Waals surface area contributed by atoms with E-state index in [1.807, 2.05) is 0 Å². The molecular weight excluding hydrogens is 210 g/mol. The lowest BCUT2D eigenvalue weighted by Crippen LogP contribution is -2.37. The minimum absolute atomic E-state index is 0.0339. The Kier molecular flexibility index (Phi) is 7.34. The minimum Gasteiger partial charge on any atom is -0.374 e. The summed E-state index contributed by atoms with van der Waals surface area (Å²) in [7, 11) is 0. The molecule has 0 aromatic rings. The third kappa shape index (κ3) is 12.2. The fourth-order valence-electron chi connectivity index (χ4n) is 1.55. The van der Waals surface area contributed by atoms with Gasteiger partial charge in [0, 0.05) is 6.04 Å². The molecule has 0 aliphatic heterocycles. The van der Waals surface area contributed by atoms with Crippen LogP contribution in [0.3, 0.4) is 0 Å². The Morgan fingerprint density at radius 3 is 2.06 bits per heavy atom. The summed E-state index contributed by atoms with van der Waals surface area (Å²) >= 11 is 0. The lowest BCUT2D eigenvalue weighted by molar-refractivity contribution is -0.0164. The van der Waals surface area contributed by atoms with Crippen molar-refractivity contribution < 1.29 is 4.74 Å². The smallest absolute Gasteiger partial charge is 0.0626 e. The summed E-state index contributed by atoms with van der Waals surface area (Å²) in [6, 6.07) is 0.494. The van der Waals surface area contributed by atoms with Crippen molar-refractivity contribution in [1.29, 1.82) is 0 Å². The molecule has 0 saturated carbocycles. The quantitative estimate of drug-likeness (QED) is 0.730. The summed E-state index contributed by atoms with van der Waals surface area (Å²) in [6.07, 6.45) is 3.61. The monoisotopic (exact) mass is 243 g/mol. The summed E-state index contributed by atoms with van der Waals surface area (Å²) < 4.78 is 5.89. The Morgan fingerprint density at radius 1 is 1.06 bits per heavy atom. The largest absolute Gasteiger partial charge is 0.374 e. The molecule has 0 spiro atoms. The van der Waals surface area contributed by atoms with Gasteiger partial charge < -0.3 is 10.1 Å². The van der Waals surface area contributed by atoms with E-state index in [1.54, 1.807) is 0 Å². The molecule has 0 aliphatic carbocycles. The molecule has 0 saturated heterocycles. The van der Waals surface area contributed by atoms with Crippen LogP contribution < -0.4 is 5.32 Å². The molecule has 0 fully saturated rings. The van der Waals surface area contributed by atoms with E-state index < -0.39 is 0 Å². The highest BCUT2D eigenvalue weighted by Gasteiger charge is 2.18. The molecular formula is C15H33NO. The van der Waals surface area contributed by atoms with E-state index in [2.05, 4.69) is 53.8 Å². The molecule has 0 bridgehead atoms. The van der Waals surface area contributed by atoms with Crippen LogP contribution in [0.4, 0.5) is 0 Å². The minimum atomic E-state index is -0.0339. The second kappa shape index (κ2) is 7.38. The second-order valence-electron chi connectivity index (χ2n) is 7.17. The average molecular weight is 243 g/mol. The van der Waals surface area contributed by atoms with Crippen LogP contribution in [0.2, 0.25) is 0 Å². The number of hydrogen-bond acceptors (Lipinski definition) is 2. The molecule has 17 heavy (non-hydrogen) atoms. The SMILES string of the molecule is CCCNC(CCC(C)(C)C)COC(C)(C)C. The van der Waals surface area contributed by atoms with Crippen LogP contribution >= 0.6 is 0 Å². The third-order valence-electron chi connectivity index (χ3n) is 2.64. The standard InChI is InChI=1S/C15H33NO/c1-8-11-16-13(9-10-14(2,3)4)12-17-15(5,6)7/h13,16H,8-12H2,1-7H3. The normalized spacial score (nSPS) is 15.0. The molecule has 1 atom stereocenters. The zero-order valence-electron chi connectivity index (χ0n) is 13.0. The molecule has 2 heteroatoms. The van der Waals surface area contributed by atoms with Gasteiger partial charge in [0.15, 0.2) is 0 Å². The summed E-state index contributed by atoms with van der Waals surface area (Å²) in [6.45, 7) is 17.4. The zero-order valence-corrected chi connectivity index (χ0v) is 13.0. The van der Waals surface area contributed by atoms with Crippen molar-refractivity contribution in [1.82, 2.24) is 5.32 Å². The molecule has 1 N–H and O–H groups in total. The molecule has 0 radical (unpaired) electrons. The molecule has 0 aromatic carbocycles. The van der Waals surface area contributed by atoms with Crippen LogP contribution in [-0.2, 0) is 4.74 Å². The van der Waals surface area contributed by atoms with E-state index in [0.29, 0.717) is 11.5 Å². The van der Waals surface area contributed by atoms with Gasteiger partial charge in [-0.2, -0.15) is 0 Å². The first-order chi connectivity index (χ1) is 7.64. The highest BCUT2D eigenvalue weighted by molar-refractivity contribution is 4.72. The van der Waals surface area contributed by atoms with Gasteiger partial charge in [0.1, 0.15) is 0 Å². The lowest BCUT2D eigenvalue weighted by atomic mass is 9.89. The first-order valence-electron chi connectivity index (χ1n) is 7.01. The van der Waals surface area contributed by atoms with E-state index in [9.17, 15) is 0 Å². The topological polar surface area (TPSA) is 21.3 Å². The fraction of sp³-hybridized carbons (Fsp3) is 1.00. The Labute approximate surface area is 109 Å². The fourth-order valence-corrected chi connectivity index (χ4v) is 1.55. The number of rotatable bonds is 7. The summed E-state index contributed by atoms with van der Waals surface area (Å²) in [5.74, 6) is 0. The van der Waals surface area contributed by atoms with Crippen LogP contribution in [0.15, 0.2) is 0 Å². The summed E-state index contributed by atoms with van der Waals surface area (Å²) in [4.78, 5) is 0. The Hall–Kier alpha value is -0.0800. The molecule has 2 nitrogen and oxygen atoms in total. The van der Waals surface area contributed by atoms with Crippen LogP contribution in [0, 0.1) is 5.41 Å². The van der Waals surface area contributed by atoms with Crippen LogP contribution in [-0.4, -0.2) is 24.8 Å². The zero-order chi connectivity index (χ0) is 13.5. The van der Waals surface area contributed by atoms with Crippen molar-refractivity contribution in [3.63, 3.8) is 0 Å². The number of ether oxygens (including phenoxy) is 1. The van der Waals surface area contributed by atoms with Crippen molar-refractivity contribution in [2.24, 2.45) is 5.41 Å². The molecule has 0 heterocycles. The Balaban J connectivity index is 4.05. The van der Waals surface area contributed by atoms with Crippen LogP contribution in [0.5, 0.6) is 0 Å². The lowest BCUT2D eigenvalue weighted by Gasteiger charge is -2.27. The van der Waals surface area contributed by atoms with E-state index in [0.717, 1.165) is 13.2 Å². The van der Waals surface area contributed by atoms with Crippen molar-refractivity contribution >= 4 is 0 Å². The highest BCUT2D eigenvalue weighted by atomic mass is 16.5. The summed E-state index contributed by atoms with van der Waals surface area (Å²) in [5, 5.41) is 3.59. The molecule has 0 amide bonds. The van der Waals surface area contributed by atoms with Gasteiger partial charge in [0.25, 0.3) is 0 Å². The van der Waals surface area contributed by atoms with Gasteiger partial charge >= 0.3 is 0 Å². The Morgan fingerprint density at radius 2 is 1.65 bits per heavy atom. The van der Waals surface area contributed by atoms with Gasteiger partial charge in [0.05, 0.1) is 12.2 Å². The highest BCUT2D eigenvalue weighted by Crippen LogP contribution is 2.22. The van der Waals surface area contributed by atoms with Gasteiger partial charge in [-0.25, -0.2) is 0 Å². The molecule has 1 unspecified atom stereocenters. The first-order valence-corrected chi connectivity index (χ1v) is 7.01. The van der Waals surface area contributed by atoms with E-state index in [-0.39, 0.29) is 5.60 Å². The van der Waals surface area contributed by atoms with Gasteiger partial charge in [-0.15, -0.1) is 0 Å². The van der Waals surface area contributed by atoms with Crippen molar-refractivity contribution in [2.45, 2.75) is 79.4 Å². The van der Waals surface area contributed by atoms with Gasteiger partial charge in [0.2, 0.25) is 0 Å².